The van der Waals surface area contributed by atoms with Gasteiger partial charge in [0.2, 0.25) is 0 Å². The minimum Gasteiger partial charge on any atom is -0.354 e. The average molecular weight is 263 g/mol. The molecule has 0 atom stereocenters. The summed E-state index contributed by atoms with van der Waals surface area (Å²) in [7, 11) is 0. The van der Waals surface area contributed by atoms with E-state index in [1.165, 1.54) is 24.8 Å². The fourth-order valence-corrected chi connectivity index (χ4v) is 2.25. The maximum absolute atomic E-state index is 5.79. The number of hydrogen-bond donors (Lipinski definition) is 1. The molecular formula is C16H29N3. The molecule has 0 aromatic carbocycles. The summed E-state index contributed by atoms with van der Waals surface area (Å²) in [5.41, 5.74) is 8.12. The molecule has 0 fully saturated rings. The lowest BCUT2D eigenvalue weighted by atomic mass is 10.1. The quantitative estimate of drug-likeness (QED) is 0.730. The summed E-state index contributed by atoms with van der Waals surface area (Å²) in [6.45, 7) is 10.5. The molecule has 3 nitrogen and oxygen atoms in total. The lowest BCUT2D eigenvalue weighted by Crippen LogP contribution is -2.32. The van der Waals surface area contributed by atoms with Gasteiger partial charge in [-0.25, -0.2) is 4.98 Å². The summed E-state index contributed by atoms with van der Waals surface area (Å²) in [6.07, 6.45) is 4.72. The third-order valence-electron chi connectivity index (χ3n) is 3.44. The van der Waals surface area contributed by atoms with Crippen LogP contribution in [0.25, 0.3) is 0 Å². The van der Waals surface area contributed by atoms with Gasteiger partial charge in [-0.15, -0.1) is 0 Å². The lowest BCUT2D eigenvalue weighted by Gasteiger charge is -2.28. The number of aromatic nitrogens is 1. The van der Waals surface area contributed by atoms with Gasteiger partial charge in [0.25, 0.3) is 0 Å². The maximum atomic E-state index is 5.79. The van der Waals surface area contributed by atoms with E-state index in [0.29, 0.717) is 12.6 Å². The van der Waals surface area contributed by atoms with E-state index >= 15 is 0 Å². The van der Waals surface area contributed by atoms with Gasteiger partial charge in [0.05, 0.1) is 0 Å². The standard InChI is InChI=1S/C16H29N3/c1-5-7-8-9-19(13(3)4)16-11-14(12-17)10-15(6-2)18-16/h10-11,13H,5-9,12,17H2,1-4H3. The Morgan fingerprint density at radius 2 is 1.95 bits per heavy atom. The van der Waals surface area contributed by atoms with Crippen molar-refractivity contribution in [3.63, 3.8) is 0 Å². The van der Waals surface area contributed by atoms with Crippen molar-refractivity contribution in [2.75, 3.05) is 11.4 Å². The maximum Gasteiger partial charge on any atom is 0.129 e. The molecule has 0 unspecified atom stereocenters. The van der Waals surface area contributed by atoms with E-state index in [1.807, 2.05) is 0 Å². The highest BCUT2D eigenvalue weighted by Crippen LogP contribution is 2.19. The number of nitrogens with zero attached hydrogens (tertiary/aromatic N) is 2. The molecule has 0 bridgehead atoms. The molecule has 3 heteroatoms. The van der Waals surface area contributed by atoms with Gasteiger partial charge in [-0.2, -0.15) is 0 Å². The van der Waals surface area contributed by atoms with Gasteiger partial charge in [-0.1, -0.05) is 26.7 Å². The number of anilines is 1. The van der Waals surface area contributed by atoms with Gasteiger partial charge in [0, 0.05) is 24.8 Å². The first-order chi connectivity index (χ1) is 9.12. The zero-order chi connectivity index (χ0) is 14.3. The van der Waals surface area contributed by atoms with Crippen LogP contribution in [0, 0.1) is 0 Å². The van der Waals surface area contributed by atoms with Crippen LogP contribution in [0.15, 0.2) is 12.1 Å². The first kappa shape index (κ1) is 16.0. The van der Waals surface area contributed by atoms with Gasteiger partial charge in [0.15, 0.2) is 0 Å². The van der Waals surface area contributed by atoms with Crippen molar-refractivity contribution >= 4 is 5.82 Å². The first-order valence-electron chi connectivity index (χ1n) is 7.58. The fraction of sp³-hybridized carbons (Fsp3) is 0.688. The second-order valence-electron chi connectivity index (χ2n) is 5.38. The fourth-order valence-electron chi connectivity index (χ4n) is 2.25. The zero-order valence-corrected chi connectivity index (χ0v) is 12.9. The predicted octanol–water partition coefficient (Wildman–Crippen LogP) is 3.51. The number of hydrogen-bond acceptors (Lipinski definition) is 3. The van der Waals surface area contributed by atoms with Gasteiger partial charge < -0.3 is 10.6 Å². The number of pyridine rings is 1. The van der Waals surface area contributed by atoms with Crippen molar-refractivity contribution in [3.8, 4) is 0 Å². The van der Waals surface area contributed by atoms with Gasteiger partial charge in [-0.05, 0) is 44.4 Å². The van der Waals surface area contributed by atoms with Gasteiger partial charge in [-0.3, -0.25) is 0 Å². The molecule has 0 aliphatic heterocycles. The molecule has 0 aliphatic carbocycles. The van der Waals surface area contributed by atoms with Crippen molar-refractivity contribution in [1.29, 1.82) is 0 Å². The van der Waals surface area contributed by atoms with Crippen molar-refractivity contribution in [2.24, 2.45) is 5.73 Å². The molecule has 108 valence electrons. The van der Waals surface area contributed by atoms with Crippen LogP contribution in [0.4, 0.5) is 5.82 Å². The minimum atomic E-state index is 0.474. The molecule has 1 rings (SSSR count). The number of nitrogens with two attached hydrogens (primary N) is 1. The Labute approximate surface area is 118 Å². The first-order valence-corrected chi connectivity index (χ1v) is 7.58. The van der Waals surface area contributed by atoms with Crippen LogP contribution in [-0.4, -0.2) is 17.6 Å². The topological polar surface area (TPSA) is 42.1 Å². The van der Waals surface area contributed by atoms with E-state index in [1.54, 1.807) is 0 Å². The summed E-state index contributed by atoms with van der Waals surface area (Å²) >= 11 is 0. The third kappa shape index (κ3) is 4.83. The van der Waals surface area contributed by atoms with E-state index in [4.69, 9.17) is 10.7 Å². The number of aryl methyl sites for hydroxylation is 1. The van der Waals surface area contributed by atoms with Crippen molar-refractivity contribution < 1.29 is 0 Å². The average Bonchev–Trinajstić information content (AvgIpc) is 2.42. The Morgan fingerprint density at radius 3 is 2.47 bits per heavy atom. The normalized spacial score (nSPS) is 11.1. The molecule has 1 aromatic heterocycles. The van der Waals surface area contributed by atoms with Crippen molar-refractivity contribution in [1.82, 2.24) is 4.98 Å². The smallest absolute Gasteiger partial charge is 0.129 e. The summed E-state index contributed by atoms with van der Waals surface area (Å²) in [6, 6.07) is 4.74. The molecule has 0 amide bonds. The molecule has 19 heavy (non-hydrogen) atoms. The zero-order valence-electron chi connectivity index (χ0n) is 12.9. The second-order valence-corrected chi connectivity index (χ2v) is 5.38. The van der Waals surface area contributed by atoms with Crippen LogP contribution in [0.5, 0.6) is 0 Å². The largest absolute Gasteiger partial charge is 0.354 e. The van der Waals surface area contributed by atoms with Gasteiger partial charge >= 0.3 is 0 Å². The number of rotatable bonds is 8. The molecule has 0 saturated heterocycles. The van der Waals surface area contributed by atoms with E-state index < -0.39 is 0 Å². The minimum absolute atomic E-state index is 0.474. The van der Waals surface area contributed by atoms with Crippen molar-refractivity contribution in [3.05, 3.63) is 23.4 Å². The van der Waals surface area contributed by atoms with E-state index in [9.17, 15) is 0 Å². The molecule has 1 heterocycles. The summed E-state index contributed by atoms with van der Waals surface area (Å²) in [5.74, 6) is 1.09. The Hall–Kier alpha value is -1.09. The monoisotopic (exact) mass is 263 g/mol. The second kappa shape index (κ2) is 8.16. The highest BCUT2D eigenvalue weighted by molar-refractivity contribution is 5.43. The van der Waals surface area contributed by atoms with Crippen LogP contribution in [0.1, 0.15) is 58.2 Å². The molecule has 0 radical (unpaired) electrons. The third-order valence-corrected chi connectivity index (χ3v) is 3.44. The summed E-state index contributed by atoms with van der Waals surface area (Å²) < 4.78 is 0. The predicted molar refractivity (Wildman–Crippen MR) is 83.5 cm³/mol. The highest BCUT2D eigenvalue weighted by Gasteiger charge is 2.13. The SMILES string of the molecule is CCCCCN(c1cc(CN)cc(CC)n1)C(C)C. The van der Waals surface area contributed by atoms with Crippen LogP contribution >= 0.6 is 0 Å². The van der Waals surface area contributed by atoms with Crippen LogP contribution < -0.4 is 10.6 Å². The number of unbranched alkanes of at least 4 members (excludes halogenated alkanes) is 2. The van der Waals surface area contributed by atoms with Crippen molar-refractivity contribution in [2.45, 2.75) is 66.0 Å². The molecule has 0 saturated carbocycles. The molecule has 0 aliphatic rings. The molecular weight excluding hydrogens is 234 g/mol. The highest BCUT2D eigenvalue weighted by atomic mass is 15.2. The molecule has 1 aromatic rings. The molecule has 2 N–H and O–H groups in total. The summed E-state index contributed by atoms with van der Waals surface area (Å²) in [5, 5.41) is 0. The van der Waals surface area contributed by atoms with E-state index in [0.717, 1.165) is 24.5 Å². The summed E-state index contributed by atoms with van der Waals surface area (Å²) in [4.78, 5) is 7.17. The molecule has 0 spiro atoms. The van der Waals surface area contributed by atoms with Crippen LogP contribution in [-0.2, 0) is 13.0 Å². The Bertz CT molecular complexity index is 352. The Balaban J connectivity index is 2.93. The lowest BCUT2D eigenvalue weighted by molar-refractivity contribution is 0.618. The van der Waals surface area contributed by atoms with E-state index in [2.05, 4.69) is 44.7 Å². The van der Waals surface area contributed by atoms with E-state index in [-0.39, 0.29) is 0 Å². The van der Waals surface area contributed by atoms with Gasteiger partial charge in [0.1, 0.15) is 5.82 Å². The Morgan fingerprint density at radius 1 is 1.21 bits per heavy atom. The van der Waals surface area contributed by atoms with Crippen LogP contribution in [0.2, 0.25) is 0 Å². The van der Waals surface area contributed by atoms with Crippen LogP contribution in [0.3, 0.4) is 0 Å². The Kier molecular flexibility index (Phi) is 6.85.